The van der Waals surface area contributed by atoms with Gasteiger partial charge in [0.2, 0.25) is 0 Å². The number of halogens is 4. The van der Waals surface area contributed by atoms with Crippen LogP contribution in [0.3, 0.4) is 0 Å². The first-order valence-corrected chi connectivity index (χ1v) is 6.23. The molecule has 3 rings (SSSR count). The maximum Gasteiger partial charge on any atom is 0.417 e. The number of rotatable bonds is 0. The molecule has 7 heteroatoms. The number of amides is 1. The van der Waals surface area contributed by atoms with Crippen LogP contribution in [0.5, 0.6) is 0 Å². The van der Waals surface area contributed by atoms with Gasteiger partial charge in [0.1, 0.15) is 5.69 Å². The van der Waals surface area contributed by atoms with Crippen LogP contribution in [0.15, 0.2) is 18.2 Å². The van der Waals surface area contributed by atoms with E-state index in [-0.39, 0.29) is 40.1 Å². The number of benzene rings is 1. The van der Waals surface area contributed by atoms with Crippen molar-refractivity contribution in [1.29, 1.82) is 0 Å². The number of alkyl halides is 3. The van der Waals surface area contributed by atoms with Gasteiger partial charge in [-0.3, -0.25) is 4.79 Å². The number of carbonyl (C=O) groups is 1. The van der Waals surface area contributed by atoms with Crippen LogP contribution in [0.4, 0.5) is 13.2 Å². The van der Waals surface area contributed by atoms with Crippen LogP contribution < -0.4 is 5.32 Å². The zero-order chi connectivity index (χ0) is 14.5. The highest BCUT2D eigenvalue weighted by Crippen LogP contribution is 2.39. The Hall–Kier alpha value is -1.82. The zero-order valence-electron chi connectivity index (χ0n) is 10.0. The molecule has 0 fully saturated rings. The number of nitrogens with one attached hydrogen (secondary N) is 1. The van der Waals surface area contributed by atoms with E-state index in [9.17, 15) is 18.0 Å². The summed E-state index contributed by atoms with van der Waals surface area (Å²) in [5, 5.41) is 2.63. The van der Waals surface area contributed by atoms with E-state index in [2.05, 4.69) is 10.3 Å². The average molecular weight is 301 g/mol. The molecule has 0 unspecified atom stereocenters. The predicted molar refractivity (Wildman–Crippen MR) is 67.8 cm³/mol. The van der Waals surface area contributed by atoms with Crippen molar-refractivity contribution < 1.29 is 18.0 Å². The quantitative estimate of drug-likeness (QED) is 0.812. The lowest BCUT2D eigenvalue weighted by molar-refractivity contribution is -0.137. The third-order valence-electron chi connectivity index (χ3n) is 3.21. The summed E-state index contributed by atoms with van der Waals surface area (Å²) in [7, 11) is 0. The van der Waals surface area contributed by atoms with Gasteiger partial charge in [-0.25, -0.2) is 4.98 Å². The van der Waals surface area contributed by atoms with Gasteiger partial charge in [-0.2, -0.15) is 13.2 Å². The minimum Gasteiger partial charge on any atom is -0.350 e. The van der Waals surface area contributed by atoms with Gasteiger partial charge in [-0.15, -0.1) is 0 Å². The van der Waals surface area contributed by atoms with E-state index in [1.54, 1.807) is 0 Å². The molecule has 1 aliphatic rings. The Morgan fingerprint density at radius 3 is 2.75 bits per heavy atom. The Bertz CT molecular complexity index is 728. The van der Waals surface area contributed by atoms with Crippen LogP contribution in [0.25, 0.3) is 10.9 Å². The fourth-order valence-corrected chi connectivity index (χ4v) is 2.59. The van der Waals surface area contributed by atoms with E-state index in [0.29, 0.717) is 0 Å². The molecule has 1 amide bonds. The van der Waals surface area contributed by atoms with E-state index < -0.39 is 17.6 Å². The molecule has 1 aliphatic heterocycles. The molecule has 0 saturated carbocycles. The van der Waals surface area contributed by atoms with E-state index in [1.807, 2.05) is 0 Å². The second-order valence-corrected chi connectivity index (χ2v) is 4.92. The van der Waals surface area contributed by atoms with Gasteiger partial charge >= 0.3 is 6.18 Å². The maximum absolute atomic E-state index is 13.4. The van der Waals surface area contributed by atoms with Crippen molar-refractivity contribution >= 4 is 28.4 Å². The molecule has 20 heavy (non-hydrogen) atoms. The fraction of sp³-hybridized carbons (Fsp3) is 0.231. The van der Waals surface area contributed by atoms with Crippen molar-refractivity contribution in [3.05, 3.63) is 40.0 Å². The number of carbonyl (C=O) groups excluding carboxylic acids is 1. The van der Waals surface area contributed by atoms with Crippen LogP contribution in [0, 0.1) is 0 Å². The summed E-state index contributed by atoms with van der Waals surface area (Å²) in [6.45, 7) is 0.169. The van der Waals surface area contributed by atoms with Crippen molar-refractivity contribution in [2.75, 3.05) is 6.54 Å². The molecule has 0 saturated heterocycles. The SMILES string of the molecule is O=C1NCCc2c1nc1ccc(Cl)cc1c2C(F)(F)F. The number of hydrogen-bond donors (Lipinski definition) is 1. The topological polar surface area (TPSA) is 42.0 Å². The number of hydrogen-bond acceptors (Lipinski definition) is 2. The Morgan fingerprint density at radius 1 is 1.30 bits per heavy atom. The highest BCUT2D eigenvalue weighted by atomic mass is 35.5. The van der Waals surface area contributed by atoms with Crippen LogP contribution in [-0.2, 0) is 12.6 Å². The largest absolute Gasteiger partial charge is 0.417 e. The van der Waals surface area contributed by atoms with Crippen molar-refractivity contribution in [3.63, 3.8) is 0 Å². The molecule has 0 atom stereocenters. The second kappa shape index (κ2) is 4.34. The summed E-state index contributed by atoms with van der Waals surface area (Å²) in [6.07, 6.45) is -4.46. The zero-order valence-corrected chi connectivity index (χ0v) is 10.8. The van der Waals surface area contributed by atoms with Crippen LogP contribution >= 0.6 is 11.6 Å². The molecule has 1 N–H and O–H groups in total. The molecule has 2 aromatic rings. The highest BCUT2D eigenvalue weighted by Gasteiger charge is 2.39. The average Bonchev–Trinajstić information content (AvgIpc) is 2.35. The van der Waals surface area contributed by atoms with Crippen molar-refractivity contribution in [2.45, 2.75) is 12.6 Å². The van der Waals surface area contributed by atoms with Crippen LogP contribution in [0.1, 0.15) is 21.6 Å². The predicted octanol–water partition coefficient (Wildman–Crippen LogP) is 3.19. The molecular weight excluding hydrogens is 293 g/mol. The highest BCUT2D eigenvalue weighted by molar-refractivity contribution is 6.31. The Kier molecular flexibility index (Phi) is 2.86. The Balaban J connectivity index is 2.46. The van der Waals surface area contributed by atoms with Gasteiger partial charge < -0.3 is 5.32 Å². The first-order valence-electron chi connectivity index (χ1n) is 5.85. The summed E-state index contributed by atoms with van der Waals surface area (Å²) in [5.41, 5.74) is -0.915. The molecule has 104 valence electrons. The van der Waals surface area contributed by atoms with Gasteiger partial charge in [0, 0.05) is 17.0 Å². The summed E-state index contributed by atoms with van der Waals surface area (Å²) in [4.78, 5) is 15.7. The smallest absolute Gasteiger partial charge is 0.350 e. The molecule has 0 spiro atoms. The van der Waals surface area contributed by atoms with Gasteiger partial charge in [-0.1, -0.05) is 11.6 Å². The van der Waals surface area contributed by atoms with E-state index >= 15 is 0 Å². The summed E-state index contributed by atoms with van der Waals surface area (Å²) in [5.74, 6) is -0.575. The molecule has 0 aliphatic carbocycles. The summed E-state index contributed by atoms with van der Waals surface area (Å²) >= 11 is 5.78. The summed E-state index contributed by atoms with van der Waals surface area (Å²) in [6, 6.07) is 4.07. The van der Waals surface area contributed by atoms with E-state index in [0.717, 1.165) is 0 Å². The van der Waals surface area contributed by atoms with Crippen LogP contribution in [-0.4, -0.2) is 17.4 Å². The number of pyridine rings is 1. The van der Waals surface area contributed by atoms with E-state index in [4.69, 9.17) is 11.6 Å². The van der Waals surface area contributed by atoms with Crippen molar-refractivity contribution in [3.8, 4) is 0 Å². The number of nitrogens with zero attached hydrogens (tertiary/aromatic N) is 1. The Morgan fingerprint density at radius 2 is 2.05 bits per heavy atom. The summed E-state index contributed by atoms with van der Waals surface area (Å²) < 4.78 is 40.1. The second-order valence-electron chi connectivity index (χ2n) is 4.48. The fourth-order valence-electron chi connectivity index (χ4n) is 2.41. The maximum atomic E-state index is 13.4. The van der Waals surface area contributed by atoms with Gasteiger partial charge in [0.15, 0.2) is 0 Å². The lowest BCUT2D eigenvalue weighted by Gasteiger charge is -2.22. The van der Waals surface area contributed by atoms with Gasteiger partial charge in [-0.05, 0) is 30.2 Å². The van der Waals surface area contributed by atoms with Crippen LogP contribution in [0.2, 0.25) is 5.02 Å². The third kappa shape index (κ3) is 2.00. The van der Waals surface area contributed by atoms with Crippen molar-refractivity contribution in [1.82, 2.24) is 10.3 Å². The molecule has 1 aromatic carbocycles. The van der Waals surface area contributed by atoms with E-state index in [1.165, 1.54) is 18.2 Å². The van der Waals surface area contributed by atoms with Gasteiger partial charge in [0.05, 0.1) is 11.1 Å². The van der Waals surface area contributed by atoms with Gasteiger partial charge in [0.25, 0.3) is 5.91 Å². The lowest BCUT2D eigenvalue weighted by atomic mass is 9.95. The molecule has 1 aromatic heterocycles. The lowest BCUT2D eigenvalue weighted by Crippen LogP contribution is -2.34. The van der Waals surface area contributed by atoms with Crippen molar-refractivity contribution in [2.24, 2.45) is 0 Å². The minimum absolute atomic E-state index is 0.0592. The number of fused-ring (bicyclic) bond motifs is 2. The number of aromatic nitrogens is 1. The molecule has 3 nitrogen and oxygen atoms in total. The third-order valence-corrected chi connectivity index (χ3v) is 3.44. The molecule has 0 bridgehead atoms. The standard InChI is InChI=1S/C13H8ClF3N2O/c14-6-1-2-9-8(5-6)10(13(15,16)17)7-3-4-18-12(20)11(7)19-9/h1-2,5H,3-4H2,(H,18,20). The Labute approximate surface area is 116 Å². The molecular formula is C13H8ClF3N2O. The normalized spacial score (nSPS) is 15.1. The molecule has 2 heterocycles. The first-order chi connectivity index (χ1) is 9.38. The molecule has 0 radical (unpaired) electrons. The first kappa shape index (κ1) is 13.2. The minimum atomic E-state index is -4.56. The monoisotopic (exact) mass is 300 g/mol.